The van der Waals surface area contributed by atoms with Gasteiger partial charge in [0.1, 0.15) is 23.7 Å². The Morgan fingerprint density at radius 3 is 2.96 bits per heavy atom. The topological polar surface area (TPSA) is 98.8 Å². The van der Waals surface area contributed by atoms with Crippen molar-refractivity contribution in [3.05, 3.63) is 47.5 Å². The van der Waals surface area contributed by atoms with Gasteiger partial charge in [-0.1, -0.05) is 0 Å². The highest BCUT2D eigenvalue weighted by Crippen LogP contribution is 2.29. The SMILES string of the molecule is Cc1oc2ccc(OCc3ccnn3C)cc2c1C(=O)N[C@@H]1COC[C@@H]1O. The number of hydrogen-bond acceptors (Lipinski definition) is 6. The molecule has 1 fully saturated rings. The first-order valence-corrected chi connectivity index (χ1v) is 8.72. The molecule has 0 bridgehead atoms. The Kier molecular flexibility index (Phi) is 4.59. The highest BCUT2D eigenvalue weighted by molar-refractivity contribution is 6.07. The van der Waals surface area contributed by atoms with Gasteiger partial charge in [-0.05, 0) is 31.2 Å². The molecule has 3 heterocycles. The number of rotatable bonds is 5. The summed E-state index contributed by atoms with van der Waals surface area (Å²) in [6, 6.07) is 6.84. The van der Waals surface area contributed by atoms with Crippen molar-refractivity contribution in [2.24, 2.45) is 7.05 Å². The number of nitrogens with one attached hydrogen (secondary N) is 1. The van der Waals surface area contributed by atoms with Gasteiger partial charge in [0.2, 0.25) is 0 Å². The molecule has 1 aromatic carbocycles. The Labute approximate surface area is 155 Å². The largest absolute Gasteiger partial charge is 0.487 e. The number of benzene rings is 1. The molecule has 142 valence electrons. The van der Waals surface area contributed by atoms with Crippen LogP contribution in [0, 0.1) is 6.92 Å². The molecule has 0 spiro atoms. The van der Waals surface area contributed by atoms with Crippen LogP contribution < -0.4 is 10.1 Å². The second kappa shape index (κ2) is 7.05. The van der Waals surface area contributed by atoms with Gasteiger partial charge in [0.25, 0.3) is 5.91 Å². The van der Waals surface area contributed by atoms with Gasteiger partial charge >= 0.3 is 0 Å². The first-order valence-electron chi connectivity index (χ1n) is 8.72. The van der Waals surface area contributed by atoms with Gasteiger partial charge in [0.15, 0.2) is 0 Å². The molecule has 2 N–H and O–H groups in total. The molecule has 1 aliphatic heterocycles. The van der Waals surface area contributed by atoms with E-state index < -0.39 is 12.1 Å². The third-order valence-corrected chi connectivity index (χ3v) is 4.74. The Bertz CT molecular complexity index is 977. The molecular weight excluding hydrogens is 350 g/mol. The van der Waals surface area contributed by atoms with Gasteiger partial charge in [-0.2, -0.15) is 5.10 Å². The molecule has 1 amide bonds. The molecule has 2 aromatic heterocycles. The van der Waals surface area contributed by atoms with Gasteiger partial charge in [-0.15, -0.1) is 0 Å². The number of aryl methyl sites for hydroxylation is 2. The molecule has 2 atom stereocenters. The van der Waals surface area contributed by atoms with Gasteiger partial charge in [-0.3, -0.25) is 9.48 Å². The van der Waals surface area contributed by atoms with Crippen molar-refractivity contribution in [3.8, 4) is 5.75 Å². The minimum Gasteiger partial charge on any atom is -0.487 e. The molecule has 4 rings (SSSR count). The van der Waals surface area contributed by atoms with Crippen molar-refractivity contribution in [1.29, 1.82) is 0 Å². The lowest BCUT2D eigenvalue weighted by molar-refractivity contribution is 0.0886. The van der Waals surface area contributed by atoms with Gasteiger partial charge in [0, 0.05) is 18.6 Å². The lowest BCUT2D eigenvalue weighted by Crippen LogP contribution is -2.42. The molecule has 1 aliphatic rings. The average molecular weight is 371 g/mol. The summed E-state index contributed by atoms with van der Waals surface area (Å²) >= 11 is 0. The lowest BCUT2D eigenvalue weighted by Gasteiger charge is -2.14. The maximum Gasteiger partial charge on any atom is 0.255 e. The van der Waals surface area contributed by atoms with Gasteiger partial charge in [-0.25, -0.2) is 0 Å². The zero-order valence-electron chi connectivity index (χ0n) is 15.1. The second-order valence-corrected chi connectivity index (χ2v) is 6.61. The fourth-order valence-electron chi connectivity index (χ4n) is 3.19. The number of aromatic nitrogens is 2. The molecule has 0 saturated carbocycles. The molecular formula is C19H21N3O5. The van der Waals surface area contributed by atoms with E-state index in [2.05, 4.69) is 10.4 Å². The van der Waals surface area contributed by atoms with Crippen molar-refractivity contribution in [2.75, 3.05) is 13.2 Å². The van der Waals surface area contributed by atoms with E-state index in [1.807, 2.05) is 13.1 Å². The zero-order valence-corrected chi connectivity index (χ0v) is 15.1. The fourth-order valence-corrected chi connectivity index (χ4v) is 3.19. The van der Waals surface area contributed by atoms with E-state index in [-0.39, 0.29) is 12.5 Å². The monoisotopic (exact) mass is 371 g/mol. The van der Waals surface area contributed by atoms with Crippen molar-refractivity contribution < 1.29 is 23.8 Å². The van der Waals surface area contributed by atoms with Crippen LogP contribution in [0.1, 0.15) is 21.8 Å². The summed E-state index contributed by atoms with van der Waals surface area (Å²) in [6.07, 6.45) is 1.01. The molecule has 8 heteroatoms. The fraction of sp³-hybridized carbons (Fsp3) is 0.368. The van der Waals surface area contributed by atoms with Crippen LogP contribution in [0.5, 0.6) is 5.75 Å². The maximum absolute atomic E-state index is 12.8. The van der Waals surface area contributed by atoms with Crippen LogP contribution >= 0.6 is 0 Å². The van der Waals surface area contributed by atoms with E-state index in [0.29, 0.717) is 41.3 Å². The molecule has 0 unspecified atom stereocenters. The summed E-state index contributed by atoms with van der Waals surface area (Å²) in [5.41, 5.74) is 1.98. The molecule has 27 heavy (non-hydrogen) atoms. The quantitative estimate of drug-likeness (QED) is 0.706. The third kappa shape index (κ3) is 3.41. The van der Waals surface area contributed by atoms with Crippen molar-refractivity contribution in [2.45, 2.75) is 25.7 Å². The van der Waals surface area contributed by atoms with E-state index in [0.717, 1.165) is 5.69 Å². The molecule has 8 nitrogen and oxygen atoms in total. The van der Waals surface area contributed by atoms with Gasteiger partial charge in [0.05, 0.1) is 36.6 Å². The van der Waals surface area contributed by atoms with Crippen LogP contribution in [0.25, 0.3) is 11.0 Å². The summed E-state index contributed by atoms with van der Waals surface area (Å²) in [5, 5.41) is 17.5. The molecule has 3 aromatic rings. The van der Waals surface area contributed by atoms with Crippen LogP contribution in [0.15, 0.2) is 34.9 Å². The number of furan rings is 1. The minimum absolute atomic E-state index is 0.224. The van der Waals surface area contributed by atoms with E-state index in [4.69, 9.17) is 13.9 Å². The number of ether oxygens (including phenoxy) is 2. The van der Waals surface area contributed by atoms with Crippen LogP contribution in [-0.2, 0) is 18.4 Å². The number of carbonyl (C=O) groups is 1. The predicted octanol–water partition coefficient (Wildman–Crippen LogP) is 1.54. The van der Waals surface area contributed by atoms with Crippen molar-refractivity contribution >= 4 is 16.9 Å². The van der Waals surface area contributed by atoms with Crippen molar-refractivity contribution in [3.63, 3.8) is 0 Å². The zero-order chi connectivity index (χ0) is 19.0. The first kappa shape index (κ1) is 17.6. The summed E-state index contributed by atoms with van der Waals surface area (Å²) < 4.78 is 18.5. The Hall–Kier alpha value is -2.84. The first-order chi connectivity index (χ1) is 13.0. The number of carbonyl (C=O) groups excluding carboxylic acids is 1. The smallest absolute Gasteiger partial charge is 0.255 e. The summed E-state index contributed by atoms with van der Waals surface area (Å²) in [7, 11) is 1.85. The summed E-state index contributed by atoms with van der Waals surface area (Å²) in [4.78, 5) is 12.8. The number of amides is 1. The van der Waals surface area contributed by atoms with Gasteiger partial charge < -0.3 is 24.3 Å². The van der Waals surface area contributed by atoms with Crippen molar-refractivity contribution in [1.82, 2.24) is 15.1 Å². The summed E-state index contributed by atoms with van der Waals surface area (Å²) in [6.45, 7) is 2.63. The van der Waals surface area contributed by atoms with E-state index >= 15 is 0 Å². The summed E-state index contributed by atoms with van der Waals surface area (Å²) in [5.74, 6) is 0.840. The third-order valence-electron chi connectivity index (χ3n) is 4.74. The second-order valence-electron chi connectivity index (χ2n) is 6.61. The molecule has 0 aliphatic carbocycles. The molecule has 0 radical (unpaired) electrons. The number of aliphatic hydroxyl groups is 1. The van der Waals surface area contributed by atoms with Crippen LogP contribution in [0.4, 0.5) is 0 Å². The minimum atomic E-state index is -0.704. The number of aliphatic hydroxyl groups excluding tert-OH is 1. The standard InChI is InChI=1S/C19H21N3O5/c1-11-18(19(24)21-15-9-25-10-16(15)23)14-7-13(3-4-17(14)27-11)26-8-12-5-6-20-22(12)2/h3-7,15-16,23H,8-10H2,1-2H3,(H,21,24)/t15-,16+/m1/s1. The van der Waals surface area contributed by atoms with E-state index in [1.54, 1.807) is 36.0 Å². The predicted molar refractivity (Wildman–Crippen MR) is 96.6 cm³/mol. The Morgan fingerprint density at radius 1 is 1.41 bits per heavy atom. The van der Waals surface area contributed by atoms with Crippen LogP contribution in [-0.4, -0.2) is 46.2 Å². The van der Waals surface area contributed by atoms with E-state index in [9.17, 15) is 9.90 Å². The lowest BCUT2D eigenvalue weighted by atomic mass is 10.1. The van der Waals surface area contributed by atoms with E-state index in [1.165, 1.54) is 0 Å². The number of hydrogen-bond donors (Lipinski definition) is 2. The average Bonchev–Trinajstić information content (AvgIpc) is 3.31. The Morgan fingerprint density at radius 2 is 2.26 bits per heavy atom. The van der Waals surface area contributed by atoms with Crippen LogP contribution in [0.3, 0.4) is 0 Å². The highest BCUT2D eigenvalue weighted by atomic mass is 16.5. The normalized spacial score (nSPS) is 19.5. The Balaban J connectivity index is 1.57. The molecule has 1 saturated heterocycles. The maximum atomic E-state index is 12.8. The van der Waals surface area contributed by atoms with Crippen LogP contribution in [0.2, 0.25) is 0 Å². The highest BCUT2D eigenvalue weighted by Gasteiger charge is 2.29. The number of fused-ring (bicyclic) bond motifs is 1. The number of nitrogens with zero attached hydrogens (tertiary/aromatic N) is 2.